The lowest BCUT2D eigenvalue weighted by molar-refractivity contribution is 0.357. The lowest BCUT2D eigenvalue weighted by atomic mass is 10.1. The van der Waals surface area contributed by atoms with Gasteiger partial charge in [0, 0.05) is 31.9 Å². The molecule has 0 amide bonds. The molecule has 0 radical (unpaired) electrons. The molecule has 0 aliphatic carbocycles. The van der Waals surface area contributed by atoms with E-state index >= 15 is 0 Å². The van der Waals surface area contributed by atoms with Gasteiger partial charge in [0.2, 0.25) is 0 Å². The van der Waals surface area contributed by atoms with Gasteiger partial charge in [-0.05, 0) is 23.3 Å². The number of rotatable bonds is 5. The molecule has 0 fully saturated rings. The van der Waals surface area contributed by atoms with Crippen LogP contribution in [0.1, 0.15) is 11.1 Å². The maximum Gasteiger partial charge on any atom is 0.122 e. The Morgan fingerprint density at radius 1 is 1.39 bits per heavy atom. The van der Waals surface area contributed by atoms with E-state index in [4.69, 9.17) is 4.74 Å². The number of hydrogen-bond donors (Lipinski definition) is 1. The van der Waals surface area contributed by atoms with Crippen LogP contribution in [0.25, 0.3) is 0 Å². The van der Waals surface area contributed by atoms with Crippen LogP contribution >= 0.6 is 0 Å². The molecule has 1 aliphatic heterocycles. The molecule has 0 saturated carbocycles. The predicted molar refractivity (Wildman–Crippen MR) is 69.6 cm³/mol. The minimum atomic E-state index is 0.825. The van der Waals surface area contributed by atoms with E-state index in [1.54, 1.807) is 6.20 Å². The third kappa shape index (κ3) is 2.54. The minimum Gasteiger partial charge on any atom is -0.493 e. The van der Waals surface area contributed by atoms with Crippen LogP contribution in [-0.4, -0.2) is 22.9 Å². The van der Waals surface area contributed by atoms with Crippen molar-refractivity contribution in [2.45, 2.75) is 19.5 Å². The van der Waals surface area contributed by atoms with Gasteiger partial charge in [0.25, 0.3) is 0 Å². The molecule has 4 heteroatoms. The van der Waals surface area contributed by atoms with Crippen molar-refractivity contribution >= 4 is 0 Å². The molecule has 1 N–H and O–H groups in total. The van der Waals surface area contributed by atoms with Crippen LogP contribution in [0.2, 0.25) is 0 Å². The van der Waals surface area contributed by atoms with Crippen molar-refractivity contribution in [3.8, 4) is 5.75 Å². The highest BCUT2D eigenvalue weighted by molar-refractivity contribution is 5.39. The summed E-state index contributed by atoms with van der Waals surface area (Å²) < 4.78 is 7.43. The maximum absolute atomic E-state index is 5.50. The molecule has 0 bridgehead atoms. The molecule has 3 rings (SSSR count). The molecule has 0 unspecified atom stereocenters. The fourth-order valence-corrected chi connectivity index (χ4v) is 2.21. The van der Waals surface area contributed by atoms with Crippen molar-refractivity contribution in [2.75, 3.05) is 13.2 Å². The molecular formula is C14H17N3O. The Labute approximate surface area is 107 Å². The first-order valence-corrected chi connectivity index (χ1v) is 6.34. The van der Waals surface area contributed by atoms with Crippen molar-refractivity contribution in [3.05, 3.63) is 47.8 Å². The number of benzene rings is 1. The summed E-state index contributed by atoms with van der Waals surface area (Å²) in [4.78, 5) is 0. The number of aromatic nitrogens is 2. The normalized spacial score (nSPS) is 13.3. The van der Waals surface area contributed by atoms with Gasteiger partial charge in [-0.2, -0.15) is 5.10 Å². The van der Waals surface area contributed by atoms with Crippen LogP contribution in [-0.2, 0) is 19.5 Å². The molecule has 1 aromatic heterocycles. The van der Waals surface area contributed by atoms with Crippen LogP contribution in [0.4, 0.5) is 0 Å². The number of nitrogens with zero attached hydrogens (tertiary/aromatic N) is 2. The van der Waals surface area contributed by atoms with Crippen molar-refractivity contribution in [1.29, 1.82) is 0 Å². The predicted octanol–water partition coefficient (Wildman–Crippen LogP) is 1.61. The Morgan fingerprint density at radius 2 is 2.39 bits per heavy atom. The minimum absolute atomic E-state index is 0.825. The van der Waals surface area contributed by atoms with Crippen molar-refractivity contribution in [2.24, 2.45) is 0 Å². The van der Waals surface area contributed by atoms with E-state index in [-0.39, 0.29) is 0 Å². The molecule has 94 valence electrons. The smallest absolute Gasteiger partial charge is 0.122 e. The van der Waals surface area contributed by atoms with E-state index in [1.165, 1.54) is 11.1 Å². The molecule has 2 aromatic rings. The first-order chi connectivity index (χ1) is 8.92. The number of nitrogens with one attached hydrogen (secondary N) is 1. The van der Waals surface area contributed by atoms with Gasteiger partial charge < -0.3 is 10.1 Å². The van der Waals surface area contributed by atoms with Crippen LogP contribution < -0.4 is 10.1 Å². The zero-order valence-electron chi connectivity index (χ0n) is 10.3. The van der Waals surface area contributed by atoms with Crippen molar-refractivity contribution in [1.82, 2.24) is 15.1 Å². The molecule has 1 aromatic carbocycles. The molecule has 0 spiro atoms. The Bertz CT molecular complexity index is 508. The highest BCUT2D eigenvalue weighted by Gasteiger charge is 2.11. The lowest BCUT2D eigenvalue weighted by Crippen LogP contribution is -2.19. The van der Waals surface area contributed by atoms with E-state index in [0.717, 1.165) is 38.4 Å². The zero-order chi connectivity index (χ0) is 12.2. The second kappa shape index (κ2) is 5.23. The Kier molecular flexibility index (Phi) is 3.28. The van der Waals surface area contributed by atoms with Gasteiger partial charge >= 0.3 is 0 Å². The third-order valence-corrected chi connectivity index (χ3v) is 3.16. The quantitative estimate of drug-likeness (QED) is 0.811. The van der Waals surface area contributed by atoms with Crippen LogP contribution in [0.15, 0.2) is 36.7 Å². The SMILES string of the molecule is c1cnn(CCNCc2ccc3c(c2)CCO3)c1. The summed E-state index contributed by atoms with van der Waals surface area (Å²) in [6, 6.07) is 8.39. The molecular weight excluding hydrogens is 226 g/mol. The highest BCUT2D eigenvalue weighted by atomic mass is 16.5. The monoisotopic (exact) mass is 243 g/mol. The molecule has 18 heavy (non-hydrogen) atoms. The van der Waals surface area contributed by atoms with Gasteiger partial charge in [0.15, 0.2) is 0 Å². The van der Waals surface area contributed by atoms with E-state index in [9.17, 15) is 0 Å². The summed E-state index contributed by atoms with van der Waals surface area (Å²) in [7, 11) is 0. The largest absolute Gasteiger partial charge is 0.493 e. The van der Waals surface area contributed by atoms with Gasteiger partial charge in [-0.15, -0.1) is 0 Å². The standard InChI is InChI=1S/C14H17N3O/c1-5-16-17(7-1)8-6-15-11-12-2-3-14-13(10-12)4-9-18-14/h1-3,5,7,10,15H,4,6,8-9,11H2. The summed E-state index contributed by atoms with van der Waals surface area (Å²) in [5.41, 5.74) is 2.65. The van der Waals surface area contributed by atoms with E-state index in [0.29, 0.717) is 0 Å². The number of ether oxygens (including phenoxy) is 1. The first-order valence-electron chi connectivity index (χ1n) is 6.34. The van der Waals surface area contributed by atoms with Gasteiger partial charge in [-0.1, -0.05) is 12.1 Å². The average Bonchev–Trinajstić information content (AvgIpc) is 3.05. The maximum atomic E-state index is 5.50. The van der Waals surface area contributed by atoms with Gasteiger partial charge in [0.05, 0.1) is 13.2 Å². The van der Waals surface area contributed by atoms with Crippen molar-refractivity contribution < 1.29 is 4.74 Å². The molecule has 0 saturated heterocycles. The fraction of sp³-hybridized carbons (Fsp3) is 0.357. The summed E-state index contributed by atoms with van der Waals surface area (Å²) in [5, 5.41) is 7.60. The Balaban J connectivity index is 1.48. The van der Waals surface area contributed by atoms with Crippen LogP contribution in [0.3, 0.4) is 0 Å². The average molecular weight is 243 g/mol. The summed E-state index contributed by atoms with van der Waals surface area (Å²) >= 11 is 0. The molecule has 1 aliphatic rings. The van der Waals surface area contributed by atoms with E-state index < -0.39 is 0 Å². The molecule has 2 heterocycles. The molecule has 4 nitrogen and oxygen atoms in total. The van der Waals surface area contributed by atoms with Gasteiger partial charge in [0.1, 0.15) is 5.75 Å². The number of hydrogen-bond acceptors (Lipinski definition) is 3. The molecule has 0 atom stereocenters. The van der Waals surface area contributed by atoms with Crippen LogP contribution in [0, 0.1) is 0 Å². The Morgan fingerprint density at radius 3 is 3.28 bits per heavy atom. The van der Waals surface area contributed by atoms with E-state index in [1.807, 2.05) is 16.9 Å². The van der Waals surface area contributed by atoms with Crippen LogP contribution in [0.5, 0.6) is 5.75 Å². The zero-order valence-corrected chi connectivity index (χ0v) is 10.3. The van der Waals surface area contributed by atoms with E-state index in [2.05, 4.69) is 28.6 Å². The second-order valence-corrected chi connectivity index (χ2v) is 4.49. The van der Waals surface area contributed by atoms with Gasteiger partial charge in [-0.3, -0.25) is 4.68 Å². The summed E-state index contributed by atoms with van der Waals surface area (Å²) in [5.74, 6) is 1.05. The first kappa shape index (κ1) is 11.3. The Hall–Kier alpha value is -1.81. The highest BCUT2D eigenvalue weighted by Crippen LogP contribution is 2.25. The summed E-state index contributed by atoms with van der Waals surface area (Å²) in [6.07, 6.45) is 4.82. The van der Waals surface area contributed by atoms with Gasteiger partial charge in [-0.25, -0.2) is 0 Å². The number of fused-ring (bicyclic) bond motifs is 1. The van der Waals surface area contributed by atoms with Crippen molar-refractivity contribution in [3.63, 3.8) is 0 Å². The topological polar surface area (TPSA) is 39.1 Å². The second-order valence-electron chi connectivity index (χ2n) is 4.49. The lowest BCUT2D eigenvalue weighted by Gasteiger charge is -2.06. The third-order valence-electron chi connectivity index (χ3n) is 3.16. The fourth-order valence-electron chi connectivity index (χ4n) is 2.21. The summed E-state index contributed by atoms with van der Waals surface area (Å²) in [6.45, 7) is 3.55.